The van der Waals surface area contributed by atoms with Crippen LogP contribution >= 0.6 is 23.4 Å². The lowest BCUT2D eigenvalue weighted by molar-refractivity contribution is -0.115. The standard InChI is InChI=1S/C15H16ClN3O3S/c1-3-11-13(21)18-15(19-14(11)22)23-8(2)12(20)17-10-6-4-5-9(16)7-10/h4-8H,3H2,1-2H3,(H,17,20)(H2,18,19,21,22). The number of aromatic hydroxyl groups is 1. The van der Waals surface area contributed by atoms with Gasteiger partial charge in [0.2, 0.25) is 11.8 Å². The lowest BCUT2D eigenvalue weighted by atomic mass is 10.2. The average Bonchev–Trinajstić information content (AvgIpc) is 2.46. The van der Waals surface area contributed by atoms with Crippen molar-refractivity contribution < 1.29 is 9.90 Å². The van der Waals surface area contributed by atoms with E-state index in [0.29, 0.717) is 17.1 Å². The number of aromatic nitrogens is 2. The maximum Gasteiger partial charge on any atom is 0.258 e. The molecule has 122 valence electrons. The van der Waals surface area contributed by atoms with Crippen molar-refractivity contribution >= 4 is 35.0 Å². The highest BCUT2D eigenvalue weighted by atomic mass is 35.5. The summed E-state index contributed by atoms with van der Waals surface area (Å²) in [6.07, 6.45) is 0.379. The molecule has 0 bridgehead atoms. The molecular weight excluding hydrogens is 338 g/mol. The minimum absolute atomic E-state index is 0.193. The predicted octanol–water partition coefficient (Wildman–Crippen LogP) is 2.81. The monoisotopic (exact) mass is 353 g/mol. The van der Waals surface area contributed by atoms with E-state index in [1.807, 2.05) is 0 Å². The summed E-state index contributed by atoms with van der Waals surface area (Å²) in [5.74, 6) is -0.569. The van der Waals surface area contributed by atoms with E-state index in [4.69, 9.17) is 11.6 Å². The molecule has 2 rings (SSSR count). The molecule has 0 radical (unpaired) electrons. The fourth-order valence-electron chi connectivity index (χ4n) is 1.87. The molecule has 0 aliphatic carbocycles. The number of rotatable bonds is 5. The van der Waals surface area contributed by atoms with E-state index in [9.17, 15) is 14.7 Å². The summed E-state index contributed by atoms with van der Waals surface area (Å²) in [5, 5.41) is 12.6. The Morgan fingerprint density at radius 1 is 1.52 bits per heavy atom. The number of nitrogens with one attached hydrogen (secondary N) is 2. The van der Waals surface area contributed by atoms with Gasteiger partial charge in [0.1, 0.15) is 0 Å². The molecule has 1 aromatic carbocycles. The highest BCUT2D eigenvalue weighted by Crippen LogP contribution is 2.23. The third-order valence-electron chi connectivity index (χ3n) is 3.08. The Labute approximate surface area is 142 Å². The van der Waals surface area contributed by atoms with Gasteiger partial charge in [0, 0.05) is 10.7 Å². The van der Waals surface area contributed by atoms with Crippen LogP contribution in [0.2, 0.25) is 5.02 Å². The summed E-state index contributed by atoms with van der Waals surface area (Å²) >= 11 is 6.92. The number of nitrogens with zero attached hydrogens (tertiary/aromatic N) is 1. The number of amides is 1. The van der Waals surface area contributed by atoms with Crippen molar-refractivity contribution in [1.29, 1.82) is 0 Å². The number of carbonyl (C=O) groups excluding carboxylic acids is 1. The van der Waals surface area contributed by atoms with Crippen LogP contribution in [0.3, 0.4) is 0 Å². The van der Waals surface area contributed by atoms with Gasteiger partial charge in [-0.15, -0.1) is 0 Å². The van der Waals surface area contributed by atoms with Crippen LogP contribution in [-0.2, 0) is 11.2 Å². The van der Waals surface area contributed by atoms with Gasteiger partial charge in [-0.2, -0.15) is 4.98 Å². The fraction of sp³-hybridized carbons (Fsp3) is 0.267. The molecule has 0 aliphatic rings. The van der Waals surface area contributed by atoms with Crippen molar-refractivity contribution in [3.05, 3.63) is 45.2 Å². The van der Waals surface area contributed by atoms with Crippen molar-refractivity contribution in [3.63, 3.8) is 0 Å². The van der Waals surface area contributed by atoms with Gasteiger partial charge in [-0.3, -0.25) is 9.59 Å². The zero-order chi connectivity index (χ0) is 17.0. The average molecular weight is 354 g/mol. The molecule has 1 unspecified atom stereocenters. The Kier molecular flexibility index (Phi) is 5.68. The van der Waals surface area contributed by atoms with Gasteiger partial charge in [-0.25, -0.2) is 0 Å². The second-order valence-corrected chi connectivity index (χ2v) is 6.55. The topological polar surface area (TPSA) is 95.1 Å². The molecule has 0 fully saturated rings. The molecule has 0 saturated heterocycles. The number of hydrogen-bond donors (Lipinski definition) is 3. The molecule has 1 atom stereocenters. The highest BCUT2D eigenvalue weighted by Gasteiger charge is 2.18. The van der Waals surface area contributed by atoms with Crippen LogP contribution in [0.15, 0.2) is 34.2 Å². The first kappa shape index (κ1) is 17.4. The number of thioether (sulfide) groups is 1. The minimum atomic E-state index is -0.524. The summed E-state index contributed by atoms with van der Waals surface area (Å²) in [5.41, 5.74) is 0.413. The molecule has 1 amide bonds. The van der Waals surface area contributed by atoms with Gasteiger partial charge in [0.15, 0.2) is 5.16 Å². The van der Waals surface area contributed by atoms with E-state index in [1.165, 1.54) is 0 Å². The normalized spacial score (nSPS) is 12.0. The van der Waals surface area contributed by atoms with E-state index < -0.39 is 10.8 Å². The number of benzene rings is 1. The largest absolute Gasteiger partial charge is 0.493 e. The fourth-order valence-corrected chi connectivity index (χ4v) is 2.85. The number of carbonyl (C=O) groups is 1. The second kappa shape index (κ2) is 7.52. The zero-order valence-electron chi connectivity index (χ0n) is 12.6. The first-order valence-corrected chi connectivity index (χ1v) is 8.21. The van der Waals surface area contributed by atoms with Crippen molar-refractivity contribution in [2.45, 2.75) is 30.7 Å². The van der Waals surface area contributed by atoms with Crippen molar-refractivity contribution in [1.82, 2.24) is 9.97 Å². The van der Waals surface area contributed by atoms with Crippen LogP contribution < -0.4 is 10.9 Å². The van der Waals surface area contributed by atoms with Crippen LogP contribution in [0.5, 0.6) is 5.88 Å². The molecule has 0 spiro atoms. The molecular formula is C15H16ClN3O3S. The van der Waals surface area contributed by atoms with Gasteiger partial charge in [0.05, 0.1) is 10.8 Å². The smallest absolute Gasteiger partial charge is 0.258 e. The van der Waals surface area contributed by atoms with Crippen molar-refractivity contribution in [2.24, 2.45) is 0 Å². The molecule has 6 nitrogen and oxygen atoms in total. The van der Waals surface area contributed by atoms with E-state index in [2.05, 4.69) is 15.3 Å². The maximum absolute atomic E-state index is 12.2. The van der Waals surface area contributed by atoms with E-state index in [1.54, 1.807) is 38.1 Å². The molecule has 1 heterocycles. The summed E-state index contributed by atoms with van der Waals surface area (Å²) in [6, 6.07) is 6.81. The lowest BCUT2D eigenvalue weighted by Crippen LogP contribution is -2.23. The Bertz CT molecular complexity index is 779. The quantitative estimate of drug-likeness (QED) is 0.567. The Morgan fingerprint density at radius 3 is 2.87 bits per heavy atom. The van der Waals surface area contributed by atoms with Crippen LogP contribution in [0.1, 0.15) is 19.4 Å². The second-order valence-electron chi connectivity index (χ2n) is 4.79. The lowest BCUT2D eigenvalue weighted by Gasteiger charge is -2.12. The van der Waals surface area contributed by atoms with Crippen LogP contribution in [0.4, 0.5) is 5.69 Å². The Balaban J connectivity index is 2.08. The number of halogens is 1. The van der Waals surface area contributed by atoms with E-state index >= 15 is 0 Å². The maximum atomic E-state index is 12.2. The highest BCUT2D eigenvalue weighted by molar-refractivity contribution is 8.00. The van der Waals surface area contributed by atoms with Gasteiger partial charge < -0.3 is 15.4 Å². The molecule has 8 heteroatoms. The first-order valence-electron chi connectivity index (χ1n) is 6.96. The van der Waals surface area contributed by atoms with Crippen LogP contribution in [-0.4, -0.2) is 26.2 Å². The Morgan fingerprint density at radius 2 is 2.26 bits per heavy atom. The van der Waals surface area contributed by atoms with Gasteiger partial charge >= 0.3 is 0 Å². The van der Waals surface area contributed by atoms with E-state index in [0.717, 1.165) is 11.8 Å². The Hall–Kier alpha value is -1.99. The first-order chi connectivity index (χ1) is 10.9. The number of aromatic amines is 1. The van der Waals surface area contributed by atoms with Gasteiger partial charge in [-0.05, 0) is 31.5 Å². The molecule has 23 heavy (non-hydrogen) atoms. The molecule has 0 aliphatic heterocycles. The molecule has 0 saturated carbocycles. The molecule has 3 N–H and O–H groups in total. The number of hydrogen-bond acceptors (Lipinski definition) is 5. The van der Waals surface area contributed by atoms with E-state index in [-0.39, 0.29) is 22.5 Å². The summed E-state index contributed by atoms with van der Waals surface area (Å²) < 4.78 is 0. The number of H-pyrrole nitrogens is 1. The third kappa shape index (κ3) is 4.49. The number of anilines is 1. The van der Waals surface area contributed by atoms with Crippen LogP contribution in [0, 0.1) is 0 Å². The predicted molar refractivity (Wildman–Crippen MR) is 91.3 cm³/mol. The summed E-state index contributed by atoms with van der Waals surface area (Å²) in [7, 11) is 0. The van der Waals surface area contributed by atoms with Gasteiger partial charge in [-0.1, -0.05) is 36.4 Å². The molecule has 2 aromatic rings. The molecule has 1 aromatic heterocycles. The summed E-state index contributed by atoms with van der Waals surface area (Å²) in [4.78, 5) is 30.4. The van der Waals surface area contributed by atoms with Gasteiger partial charge in [0.25, 0.3) is 5.56 Å². The third-order valence-corrected chi connectivity index (χ3v) is 4.29. The SMILES string of the molecule is CCc1c(O)nc(SC(C)C(=O)Nc2cccc(Cl)c2)[nH]c1=O. The van der Waals surface area contributed by atoms with Crippen molar-refractivity contribution in [2.75, 3.05) is 5.32 Å². The zero-order valence-corrected chi connectivity index (χ0v) is 14.2. The van der Waals surface area contributed by atoms with Crippen molar-refractivity contribution in [3.8, 4) is 5.88 Å². The summed E-state index contributed by atoms with van der Waals surface area (Å²) in [6.45, 7) is 3.43. The van der Waals surface area contributed by atoms with Crippen LogP contribution in [0.25, 0.3) is 0 Å². The minimum Gasteiger partial charge on any atom is -0.493 e.